The fourth-order valence-electron chi connectivity index (χ4n) is 1.44. The molecule has 0 bridgehead atoms. The van der Waals surface area contributed by atoms with Crippen molar-refractivity contribution < 1.29 is 0 Å². The molecule has 0 amide bonds. The molecule has 1 heterocycles. The van der Waals surface area contributed by atoms with Crippen molar-refractivity contribution in [3.63, 3.8) is 0 Å². The maximum absolute atomic E-state index is 8.76. The summed E-state index contributed by atoms with van der Waals surface area (Å²) in [4.78, 5) is 0. The molecule has 70 valence electrons. The van der Waals surface area contributed by atoms with E-state index in [2.05, 4.69) is 25.0 Å². The second-order valence-corrected chi connectivity index (χ2v) is 3.19. The van der Waals surface area contributed by atoms with Gasteiger partial charge in [0.2, 0.25) is 0 Å². The molecule has 0 atom stereocenters. The third-order valence-electron chi connectivity index (χ3n) is 2.35. The van der Waals surface area contributed by atoms with E-state index >= 15 is 0 Å². The van der Waals surface area contributed by atoms with E-state index < -0.39 is 0 Å². The van der Waals surface area contributed by atoms with Crippen LogP contribution in [0.1, 0.15) is 44.0 Å². The molecule has 3 nitrogen and oxygen atoms in total. The Morgan fingerprint density at radius 1 is 1.54 bits per heavy atom. The van der Waals surface area contributed by atoms with Crippen LogP contribution >= 0.6 is 0 Å². The molecule has 0 spiro atoms. The Morgan fingerprint density at radius 3 is 2.54 bits per heavy atom. The predicted octanol–water partition coefficient (Wildman–Crippen LogP) is 2.42. The summed E-state index contributed by atoms with van der Waals surface area (Å²) in [5.41, 5.74) is 1.52. The molecule has 0 aromatic carbocycles. The number of hydrogen-bond donors (Lipinski definition) is 0. The Bertz CT molecular complexity index is 315. The Kier molecular flexibility index (Phi) is 3.07. The number of hydrogen-bond acceptors (Lipinski definition) is 2. The molecule has 0 aliphatic rings. The highest BCUT2D eigenvalue weighted by molar-refractivity contribution is 5.29. The number of aromatic nitrogens is 2. The van der Waals surface area contributed by atoms with Crippen molar-refractivity contribution in [2.75, 3.05) is 0 Å². The molecule has 0 aliphatic heterocycles. The molecular weight excluding hydrogens is 162 g/mol. The normalized spacial score (nSPS) is 10.4. The molecule has 0 unspecified atom stereocenters. The van der Waals surface area contributed by atoms with Crippen molar-refractivity contribution in [3.05, 3.63) is 17.5 Å². The van der Waals surface area contributed by atoms with Crippen LogP contribution in [0.2, 0.25) is 0 Å². The summed E-state index contributed by atoms with van der Waals surface area (Å²) in [6, 6.07) is 2.57. The minimum absolute atomic E-state index is 0.431. The van der Waals surface area contributed by atoms with Crippen molar-refractivity contribution in [1.82, 2.24) is 9.78 Å². The first-order valence-electron chi connectivity index (χ1n) is 4.68. The molecule has 0 fully saturated rings. The maximum atomic E-state index is 8.76. The van der Waals surface area contributed by atoms with Gasteiger partial charge in [0.05, 0.1) is 17.3 Å². The molecule has 3 heteroatoms. The number of nitrogens with zero attached hydrogens (tertiary/aromatic N) is 3. The SMILES string of the molecule is CCC(CC)n1cc(C#N)c(C)n1. The van der Waals surface area contributed by atoms with Crippen molar-refractivity contribution in [2.45, 2.75) is 39.7 Å². The summed E-state index contributed by atoms with van der Waals surface area (Å²) >= 11 is 0. The van der Waals surface area contributed by atoms with Gasteiger partial charge in [-0.05, 0) is 19.8 Å². The van der Waals surface area contributed by atoms with Crippen LogP contribution < -0.4 is 0 Å². The van der Waals surface area contributed by atoms with Gasteiger partial charge in [-0.1, -0.05) is 13.8 Å². The topological polar surface area (TPSA) is 41.6 Å². The highest BCUT2D eigenvalue weighted by atomic mass is 15.3. The van der Waals surface area contributed by atoms with Crippen LogP contribution in [-0.4, -0.2) is 9.78 Å². The van der Waals surface area contributed by atoms with Crippen LogP contribution in [0, 0.1) is 18.3 Å². The lowest BCUT2D eigenvalue weighted by Crippen LogP contribution is -2.07. The fourth-order valence-corrected chi connectivity index (χ4v) is 1.44. The van der Waals surface area contributed by atoms with Crippen LogP contribution in [-0.2, 0) is 0 Å². The zero-order valence-electron chi connectivity index (χ0n) is 8.41. The molecule has 0 N–H and O–H groups in total. The van der Waals surface area contributed by atoms with Crippen LogP contribution in [0.25, 0.3) is 0 Å². The lowest BCUT2D eigenvalue weighted by atomic mass is 10.2. The van der Waals surface area contributed by atoms with E-state index in [4.69, 9.17) is 5.26 Å². The van der Waals surface area contributed by atoms with Gasteiger partial charge < -0.3 is 0 Å². The predicted molar refractivity (Wildman–Crippen MR) is 51.3 cm³/mol. The van der Waals surface area contributed by atoms with Gasteiger partial charge in [-0.3, -0.25) is 4.68 Å². The molecule has 1 aromatic rings. The standard InChI is InChI=1S/C10H15N3/c1-4-10(5-2)13-7-9(6-11)8(3)12-13/h7,10H,4-5H2,1-3H3. The maximum Gasteiger partial charge on any atom is 0.103 e. The zero-order chi connectivity index (χ0) is 9.84. The van der Waals surface area contributed by atoms with E-state index in [9.17, 15) is 0 Å². The molecule has 0 saturated carbocycles. The summed E-state index contributed by atoms with van der Waals surface area (Å²) < 4.78 is 1.91. The van der Waals surface area contributed by atoms with Gasteiger partial charge in [-0.25, -0.2) is 0 Å². The van der Waals surface area contributed by atoms with Gasteiger partial charge in [-0.15, -0.1) is 0 Å². The van der Waals surface area contributed by atoms with Crippen LogP contribution in [0.3, 0.4) is 0 Å². The molecule has 1 aromatic heterocycles. The number of aryl methyl sites for hydroxylation is 1. The summed E-state index contributed by atoms with van der Waals surface area (Å²) in [7, 11) is 0. The highest BCUT2D eigenvalue weighted by Gasteiger charge is 2.10. The first-order chi connectivity index (χ1) is 6.22. The van der Waals surface area contributed by atoms with Gasteiger partial charge >= 0.3 is 0 Å². The summed E-state index contributed by atoms with van der Waals surface area (Å²) in [5.74, 6) is 0. The van der Waals surface area contributed by atoms with E-state index in [0.29, 0.717) is 11.6 Å². The quantitative estimate of drug-likeness (QED) is 0.711. The van der Waals surface area contributed by atoms with Gasteiger partial charge in [0.15, 0.2) is 0 Å². The monoisotopic (exact) mass is 177 g/mol. The highest BCUT2D eigenvalue weighted by Crippen LogP contribution is 2.16. The van der Waals surface area contributed by atoms with Crippen LogP contribution in [0.5, 0.6) is 0 Å². The lowest BCUT2D eigenvalue weighted by Gasteiger charge is -2.11. The third kappa shape index (κ3) is 1.89. The average molecular weight is 177 g/mol. The van der Waals surface area contributed by atoms with E-state index in [0.717, 1.165) is 18.5 Å². The van der Waals surface area contributed by atoms with E-state index in [1.807, 2.05) is 17.8 Å². The van der Waals surface area contributed by atoms with Crippen LogP contribution in [0.15, 0.2) is 6.20 Å². The summed E-state index contributed by atoms with van der Waals surface area (Å²) in [6.45, 7) is 6.14. The van der Waals surface area contributed by atoms with Crippen molar-refractivity contribution in [3.8, 4) is 6.07 Å². The summed E-state index contributed by atoms with van der Waals surface area (Å²) in [5, 5.41) is 13.1. The van der Waals surface area contributed by atoms with Gasteiger partial charge in [-0.2, -0.15) is 10.4 Å². The second kappa shape index (κ2) is 4.08. The Labute approximate surface area is 79.0 Å². The largest absolute Gasteiger partial charge is 0.268 e. The van der Waals surface area contributed by atoms with Gasteiger partial charge in [0, 0.05) is 6.20 Å². The van der Waals surface area contributed by atoms with Crippen LogP contribution in [0.4, 0.5) is 0 Å². The minimum atomic E-state index is 0.431. The third-order valence-corrected chi connectivity index (χ3v) is 2.35. The number of nitriles is 1. The molecule has 13 heavy (non-hydrogen) atoms. The molecule has 0 aliphatic carbocycles. The summed E-state index contributed by atoms with van der Waals surface area (Å²) in [6.07, 6.45) is 3.96. The minimum Gasteiger partial charge on any atom is -0.268 e. The van der Waals surface area contributed by atoms with E-state index in [1.165, 1.54) is 0 Å². The smallest absolute Gasteiger partial charge is 0.103 e. The fraction of sp³-hybridized carbons (Fsp3) is 0.600. The van der Waals surface area contributed by atoms with Crippen molar-refractivity contribution >= 4 is 0 Å². The zero-order valence-corrected chi connectivity index (χ0v) is 8.41. The van der Waals surface area contributed by atoms with Gasteiger partial charge in [0.25, 0.3) is 0 Å². The molecule has 0 radical (unpaired) electrons. The van der Waals surface area contributed by atoms with Crippen molar-refractivity contribution in [1.29, 1.82) is 5.26 Å². The average Bonchev–Trinajstić information content (AvgIpc) is 2.49. The van der Waals surface area contributed by atoms with Crippen molar-refractivity contribution in [2.24, 2.45) is 0 Å². The number of rotatable bonds is 3. The molecule has 1 rings (SSSR count). The Balaban J connectivity index is 2.96. The van der Waals surface area contributed by atoms with Gasteiger partial charge in [0.1, 0.15) is 6.07 Å². The van der Waals surface area contributed by atoms with E-state index in [1.54, 1.807) is 0 Å². The first-order valence-corrected chi connectivity index (χ1v) is 4.68. The second-order valence-electron chi connectivity index (χ2n) is 3.19. The Morgan fingerprint density at radius 2 is 2.15 bits per heavy atom. The molecule has 0 saturated heterocycles. The first kappa shape index (κ1) is 9.79. The molecular formula is C10H15N3. The Hall–Kier alpha value is -1.30. The lowest BCUT2D eigenvalue weighted by molar-refractivity contribution is 0.426. The van der Waals surface area contributed by atoms with E-state index in [-0.39, 0.29) is 0 Å².